The van der Waals surface area contributed by atoms with Crippen LogP contribution in [0, 0.1) is 0 Å². The number of nitrogens with zero attached hydrogens (tertiary/aromatic N) is 1. The molecule has 0 aromatic carbocycles. The van der Waals surface area contributed by atoms with Crippen molar-refractivity contribution in [1.29, 1.82) is 0 Å². The smallest absolute Gasteiger partial charge is 0.303 e. The van der Waals surface area contributed by atoms with Gasteiger partial charge in [0, 0.05) is 19.4 Å². The Morgan fingerprint density at radius 1 is 0.636 bits per heavy atom. The van der Waals surface area contributed by atoms with Gasteiger partial charge in [-0.25, -0.2) is 0 Å². The molecule has 0 heterocycles. The third-order valence-electron chi connectivity index (χ3n) is 3.61. The maximum absolute atomic E-state index is 10.4. The molecule has 0 radical (unpaired) electrons. The van der Waals surface area contributed by atoms with Gasteiger partial charge in [0.1, 0.15) is 0 Å². The Morgan fingerprint density at radius 3 is 1.41 bits per heavy atom. The molecule has 0 aliphatic heterocycles. The Labute approximate surface area is 133 Å². The van der Waals surface area contributed by atoms with E-state index in [9.17, 15) is 9.59 Å². The second kappa shape index (κ2) is 14.8. The van der Waals surface area contributed by atoms with Crippen molar-refractivity contribution in [3.8, 4) is 0 Å². The van der Waals surface area contributed by atoms with Crippen LogP contribution in [0.5, 0.6) is 0 Å². The summed E-state index contributed by atoms with van der Waals surface area (Å²) < 4.78 is 0. The van der Waals surface area contributed by atoms with Gasteiger partial charge in [-0.1, -0.05) is 12.8 Å². The van der Waals surface area contributed by atoms with Gasteiger partial charge in [-0.15, -0.1) is 0 Å². The van der Waals surface area contributed by atoms with E-state index in [1.54, 1.807) is 0 Å². The van der Waals surface area contributed by atoms with Gasteiger partial charge in [0.05, 0.1) is 0 Å². The van der Waals surface area contributed by atoms with Crippen LogP contribution in [0.4, 0.5) is 0 Å². The molecule has 0 aromatic heterocycles. The number of hydrogen-bond acceptors (Lipinski definition) is 4. The first kappa shape index (κ1) is 20.9. The molecule has 0 bridgehead atoms. The van der Waals surface area contributed by atoms with Crippen molar-refractivity contribution in [2.45, 2.75) is 64.2 Å². The Balaban J connectivity index is 3.78. The average Bonchev–Trinajstić information content (AvgIpc) is 2.45. The molecule has 0 fully saturated rings. The van der Waals surface area contributed by atoms with Crippen molar-refractivity contribution in [2.24, 2.45) is 0 Å². The molecule has 6 nitrogen and oxygen atoms in total. The SMILES string of the molecule is O=C(O)CCCCCN(CCCCO)CCCCCC(=O)O. The Bertz CT molecular complexity index is 272. The summed E-state index contributed by atoms with van der Waals surface area (Å²) in [6.45, 7) is 3.05. The molecule has 0 atom stereocenters. The number of carboxylic acids is 2. The number of hydrogen-bond donors (Lipinski definition) is 3. The molecule has 0 unspecified atom stereocenters. The van der Waals surface area contributed by atoms with Gasteiger partial charge in [0.15, 0.2) is 0 Å². The van der Waals surface area contributed by atoms with Gasteiger partial charge in [-0.05, 0) is 58.2 Å². The lowest BCUT2D eigenvalue weighted by Crippen LogP contribution is -2.27. The van der Waals surface area contributed by atoms with E-state index in [0.717, 1.165) is 71.0 Å². The first-order valence-corrected chi connectivity index (χ1v) is 8.33. The van der Waals surface area contributed by atoms with Crippen LogP contribution < -0.4 is 0 Å². The normalized spacial score (nSPS) is 11.0. The molecule has 0 spiro atoms. The highest BCUT2D eigenvalue weighted by Gasteiger charge is 2.05. The molecule has 0 aromatic rings. The fourth-order valence-electron chi connectivity index (χ4n) is 2.36. The lowest BCUT2D eigenvalue weighted by molar-refractivity contribution is -0.138. The summed E-state index contributed by atoms with van der Waals surface area (Å²) in [6.07, 6.45) is 7.48. The van der Waals surface area contributed by atoms with Crippen LogP contribution in [0.15, 0.2) is 0 Å². The topological polar surface area (TPSA) is 98.1 Å². The van der Waals surface area contributed by atoms with E-state index in [-0.39, 0.29) is 19.4 Å². The fraction of sp³-hybridized carbons (Fsp3) is 0.875. The minimum Gasteiger partial charge on any atom is -0.481 e. The van der Waals surface area contributed by atoms with Crippen LogP contribution in [0.25, 0.3) is 0 Å². The average molecular weight is 317 g/mol. The molecular formula is C16H31NO5. The molecule has 0 rings (SSSR count). The molecule has 0 aliphatic rings. The van der Waals surface area contributed by atoms with Gasteiger partial charge in [0.25, 0.3) is 0 Å². The zero-order valence-corrected chi connectivity index (χ0v) is 13.5. The van der Waals surface area contributed by atoms with E-state index >= 15 is 0 Å². The summed E-state index contributed by atoms with van der Waals surface area (Å²) in [5.41, 5.74) is 0. The summed E-state index contributed by atoms with van der Waals surface area (Å²) in [4.78, 5) is 23.2. The van der Waals surface area contributed by atoms with Gasteiger partial charge in [-0.2, -0.15) is 0 Å². The molecule has 22 heavy (non-hydrogen) atoms. The number of aliphatic carboxylic acids is 2. The van der Waals surface area contributed by atoms with E-state index in [0.29, 0.717) is 0 Å². The van der Waals surface area contributed by atoms with Crippen molar-refractivity contribution in [3.63, 3.8) is 0 Å². The number of rotatable bonds is 16. The first-order valence-electron chi connectivity index (χ1n) is 8.33. The Kier molecular flexibility index (Phi) is 14.0. The van der Waals surface area contributed by atoms with Gasteiger partial charge < -0.3 is 20.2 Å². The van der Waals surface area contributed by atoms with Crippen molar-refractivity contribution in [1.82, 2.24) is 4.90 Å². The van der Waals surface area contributed by atoms with Crippen molar-refractivity contribution < 1.29 is 24.9 Å². The van der Waals surface area contributed by atoms with Crippen LogP contribution in [0.3, 0.4) is 0 Å². The highest BCUT2D eigenvalue weighted by Crippen LogP contribution is 2.07. The number of carbonyl (C=O) groups is 2. The van der Waals surface area contributed by atoms with E-state index < -0.39 is 11.9 Å². The Morgan fingerprint density at radius 2 is 1.05 bits per heavy atom. The van der Waals surface area contributed by atoms with E-state index in [1.165, 1.54) is 0 Å². The van der Waals surface area contributed by atoms with Crippen LogP contribution in [0.1, 0.15) is 64.2 Å². The summed E-state index contributed by atoms with van der Waals surface area (Å²) in [7, 11) is 0. The molecule has 0 amide bonds. The summed E-state index contributed by atoms with van der Waals surface area (Å²) in [5.74, 6) is -1.48. The summed E-state index contributed by atoms with van der Waals surface area (Å²) in [6, 6.07) is 0. The second-order valence-corrected chi connectivity index (χ2v) is 5.68. The highest BCUT2D eigenvalue weighted by molar-refractivity contribution is 5.66. The molecule has 0 aliphatic carbocycles. The van der Waals surface area contributed by atoms with Gasteiger partial charge in [0.2, 0.25) is 0 Å². The lowest BCUT2D eigenvalue weighted by atomic mass is 10.1. The predicted molar refractivity (Wildman–Crippen MR) is 85.0 cm³/mol. The summed E-state index contributed by atoms with van der Waals surface area (Å²) >= 11 is 0. The van der Waals surface area contributed by atoms with Crippen LogP contribution >= 0.6 is 0 Å². The molecular weight excluding hydrogens is 286 g/mol. The van der Waals surface area contributed by atoms with E-state index in [2.05, 4.69) is 4.90 Å². The fourth-order valence-corrected chi connectivity index (χ4v) is 2.36. The zero-order valence-electron chi connectivity index (χ0n) is 13.5. The van der Waals surface area contributed by atoms with Crippen molar-refractivity contribution in [2.75, 3.05) is 26.2 Å². The quantitative estimate of drug-likeness (QED) is 0.378. The van der Waals surface area contributed by atoms with Gasteiger partial charge >= 0.3 is 11.9 Å². The van der Waals surface area contributed by atoms with Crippen molar-refractivity contribution in [3.05, 3.63) is 0 Å². The lowest BCUT2D eigenvalue weighted by Gasteiger charge is -2.22. The maximum Gasteiger partial charge on any atom is 0.303 e. The summed E-state index contributed by atoms with van der Waals surface area (Å²) in [5, 5.41) is 26.0. The maximum atomic E-state index is 10.4. The monoisotopic (exact) mass is 317 g/mol. The van der Waals surface area contributed by atoms with E-state index in [1.807, 2.05) is 0 Å². The first-order chi connectivity index (χ1) is 10.6. The van der Waals surface area contributed by atoms with Crippen LogP contribution in [-0.4, -0.2) is 58.4 Å². The third kappa shape index (κ3) is 15.3. The Hall–Kier alpha value is -1.14. The molecule has 130 valence electrons. The number of aliphatic hydroxyl groups is 1. The van der Waals surface area contributed by atoms with Gasteiger partial charge in [-0.3, -0.25) is 9.59 Å². The zero-order chi connectivity index (χ0) is 16.6. The minimum absolute atomic E-state index is 0.213. The molecule has 3 N–H and O–H groups in total. The highest BCUT2D eigenvalue weighted by atomic mass is 16.4. The third-order valence-corrected chi connectivity index (χ3v) is 3.61. The largest absolute Gasteiger partial charge is 0.481 e. The molecule has 6 heteroatoms. The minimum atomic E-state index is -0.738. The standard InChI is InChI=1S/C16H31NO5/c18-14-8-7-13-17(11-5-1-3-9-15(19)20)12-6-2-4-10-16(21)22/h18H,1-14H2,(H,19,20)(H,21,22). The number of unbranched alkanes of at least 4 members (excludes halogenated alkanes) is 5. The number of carboxylic acid groups (broad SMARTS) is 2. The second-order valence-electron chi connectivity index (χ2n) is 5.68. The molecule has 0 saturated carbocycles. The molecule has 0 saturated heterocycles. The van der Waals surface area contributed by atoms with E-state index in [4.69, 9.17) is 15.3 Å². The van der Waals surface area contributed by atoms with Crippen LogP contribution in [-0.2, 0) is 9.59 Å². The van der Waals surface area contributed by atoms with Crippen LogP contribution in [0.2, 0.25) is 0 Å². The van der Waals surface area contributed by atoms with Crippen molar-refractivity contribution >= 4 is 11.9 Å². The predicted octanol–water partition coefficient (Wildman–Crippen LogP) is 2.35. The number of aliphatic hydroxyl groups excluding tert-OH is 1.